The first-order chi connectivity index (χ1) is 17.2. The number of non-ortho nitro benzene ring substituents is 1. The summed E-state index contributed by atoms with van der Waals surface area (Å²) in [4.78, 5) is 66.2. The van der Waals surface area contributed by atoms with E-state index in [1.54, 1.807) is 0 Å². The van der Waals surface area contributed by atoms with E-state index in [0.717, 1.165) is 0 Å². The highest BCUT2D eigenvalue weighted by Crippen LogP contribution is 2.22. The highest BCUT2D eigenvalue weighted by Gasteiger charge is 2.40. The molecule has 4 amide bonds. The number of nitrogens with one attached hydrogen (secondary N) is 3. The lowest BCUT2D eigenvalue weighted by Gasteiger charge is -2.28. The van der Waals surface area contributed by atoms with Crippen molar-refractivity contribution in [2.45, 2.75) is 56.7 Å². The molecule has 3 rings (SSSR count). The van der Waals surface area contributed by atoms with Gasteiger partial charge in [0.1, 0.15) is 18.1 Å². The van der Waals surface area contributed by atoms with E-state index >= 15 is 0 Å². The summed E-state index contributed by atoms with van der Waals surface area (Å²) in [6.45, 7) is 0.627. The van der Waals surface area contributed by atoms with Crippen LogP contribution in [0.4, 0.5) is 11.4 Å². The molecule has 0 aromatic heterocycles. The average molecular weight is 503 g/mol. The minimum Gasteiger partial charge on any atom is -0.370 e. The summed E-state index contributed by atoms with van der Waals surface area (Å²) in [6.07, 6.45) is 2.30. The molecule has 2 saturated heterocycles. The summed E-state index contributed by atoms with van der Waals surface area (Å²) in [7, 11) is 0. The van der Waals surface area contributed by atoms with Gasteiger partial charge in [-0.25, -0.2) is 0 Å². The number of hydrogen-bond acceptors (Lipinski definition) is 7. The van der Waals surface area contributed by atoms with Gasteiger partial charge in [0.05, 0.1) is 4.92 Å². The first-order valence-electron chi connectivity index (χ1n) is 11.7. The van der Waals surface area contributed by atoms with Crippen LogP contribution in [0.1, 0.15) is 38.5 Å². The molecule has 7 N–H and O–H groups in total. The first-order valence-corrected chi connectivity index (χ1v) is 11.7. The topological polar surface area (TPSA) is 215 Å². The standard InChI is InChI=1S/C22H30N8O6/c23-22(24)25-11-1-3-15(19(32)26-13-5-7-14(8-6-13)30(35)36)28-20(33)17-4-2-12-29(17)21(34)16-9-10-18(31)27-16/h5-8,15-17H,1-4,9-12H2,(H,26,32)(H,27,31)(H,28,33)(H4,23,24,25)/t15-,16-,17-/m0/s1. The fourth-order valence-corrected chi connectivity index (χ4v) is 4.24. The minimum atomic E-state index is -0.967. The number of benzene rings is 1. The molecule has 0 spiro atoms. The van der Waals surface area contributed by atoms with Gasteiger partial charge in [-0.05, 0) is 44.2 Å². The molecule has 14 nitrogen and oxygen atoms in total. The Balaban J connectivity index is 1.67. The van der Waals surface area contributed by atoms with Crippen molar-refractivity contribution in [3.05, 3.63) is 34.4 Å². The van der Waals surface area contributed by atoms with E-state index < -0.39 is 34.9 Å². The van der Waals surface area contributed by atoms with E-state index in [-0.39, 0.29) is 42.8 Å². The fourth-order valence-electron chi connectivity index (χ4n) is 4.24. The van der Waals surface area contributed by atoms with Gasteiger partial charge >= 0.3 is 0 Å². The molecule has 2 fully saturated rings. The second-order valence-corrected chi connectivity index (χ2v) is 8.65. The predicted octanol–water partition coefficient (Wildman–Crippen LogP) is -0.659. The highest BCUT2D eigenvalue weighted by molar-refractivity contribution is 5.99. The maximum atomic E-state index is 13.2. The summed E-state index contributed by atoms with van der Waals surface area (Å²) in [5.41, 5.74) is 10.9. The molecule has 2 aliphatic rings. The molecular weight excluding hydrogens is 472 g/mol. The lowest BCUT2D eigenvalue weighted by molar-refractivity contribution is -0.384. The van der Waals surface area contributed by atoms with E-state index in [1.165, 1.54) is 29.2 Å². The zero-order chi connectivity index (χ0) is 26.2. The third-order valence-electron chi connectivity index (χ3n) is 6.06. The van der Waals surface area contributed by atoms with Crippen molar-refractivity contribution >= 4 is 41.0 Å². The van der Waals surface area contributed by atoms with E-state index in [4.69, 9.17) is 11.5 Å². The van der Waals surface area contributed by atoms with Gasteiger partial charge in [0, 0.05) is 37.3 Å². The van der Waals surface area contributed by atoms with Crippen molar-refractivity contribution in [3.8, 4) is 0 Å². The van der Waals surface area contributed by atoms with E-state index in [0.29, 0.717) is 37.9 Å². The predicted molar refractivity (Wildman–Crippen MR) is 129 cm³/mol. The molecule has 1 aromatic carbocycles. The molecule has 0 radical (unpaired) electrons. The number of nitro groups is 1. The van der Waals surface area contributed by atoms with Crippen molar-refractivity contribution in [3.63, 3.8) is 0 Å². The van der Waals surface area contributed by atoms with Crippen molar-refractivity contribution in [1.29, 1.82) is 0 Å². The Bertz CT molecular complexity index is 1040. The van der Waals surface area contributed by atoms with Crippen molar-refractivity contribution < 1.29 is 24.1 Å². The Morgan fingerprint density at radius 2 is 1.94 bits per heavy atom. The van der Waals surface area contributed by atoms with Crippen molar-refractivity contribution in [2.24, 2.45) is 16.5 Å². The molecule has 0 bridgehead atoms. The zero-order valence-electron chi connectivity index (χ0n) is 19.6. The number of aliphatic imine (C=N–C) groups is 1. The number of amides is 4. The number of likely N-dealkylation sites (tertiary alicyclic amines) is 1. The smallest absolute Gasteiger partial charge is 0.269 e. The maximum absolute atomic E-state index is 13.2. The lowest BCUT2D eigenvalue weighted by Crippen LogP contribution is -2.54. The summed E-state index contributed by atoms with van der Waals surface area (Å²) in [5.74, 6) is -1.60. The quantitative estimate of drug-likeness (QED) is 0.0907. The van der Waals surface area contributed by atoms with Gasteiger partial charge in [-0.3, -0.25) is 34.3 Å². The van der Waals surface area contributed by atoms with Gasteiger partial charge in [-0.1, -0.05) is 0 Å². The molecule has 1 aromatic rings. The van der Waals surface area contributed by atoms with Crippen LogP contribution in [0.2, 0.25) is 0 Å². The molecular formula is C22H30N8O6. The van der Waals surface area contributed by atoms with Gasteiger partial charge in [-0.15, -0.1) is 0 Å². The molecule has 36 heavy (non-hydrogen) atoms. The normalized spacial score (nSPS) is 19.8. The number of carbonyl (C=O) groups excluding carboxylic acids is 4. The number of carbonyl (C=O) groups is 4. The SMILES string of the molecule is NC(N)=NCCC[C@H](NC(=O)[C@@H]1CCCN1C(=O)[C@@H]1CCC(=O)N1)C(=O)Nc1ccc([N+](=O)[O-])cc1. The first kappa shape index (κ1) is 26.4. The molecule has 3 atom stereocenters. The molecule has 0 saturated carbocycles. The summed E-state index contributed by atoms with van der Waals surface area (Å²) >= 11 is 0. The number of rotatable bonds is 10. The van der Waals surface area contributed by atoms with Crippen LogP contribution in [0.15, 0.2) is 29.3 Å². The minimum absolute atomic E-state index is 0.0926. The van der Waals surface area contributed by atoms with Crippen molar-refractivity contribution in [2.75, 3.05) is 18.4 Å². The van der Waals surface area contributed by atoms with Crippen LogP contribution in [0.25, 0.3) is 0 Å². The van der Waals surface area contributed by atoms with Crippen molar-refractivity contribution in [1.82, 2.24) is 15.5 Å². The molecule has 14 heteroatoms. The maximum Gasteiger partial charge on any atom is 0.269 e. The Labute approximate surface area is 207 Å². The third kappa shape index (κ3) is 6.90. The van der Waals surface area contributed by atoms with E-state index in [9.17, 15) is 29.3 Å². The van der Waals surface area contributed by atoms with Crippen LogP contribution >= 0.6 is 0 Å². The van der Waals surface area contributed by atoms with Gasteiger partial charge < -0.3 is 32.3 Å². The summed E-state index contributed by atoms with van der Waals surface area (Å²) in [6, 6.07) is 2.92. The number of guanidine groups is 1. The van der Waals surface area contributed by atoms with Crippen LogP contribution in [0.3, 0.4) is 0 Å². The largest absolute Gasteiger partial charge is 0.370 e. The Morgan fingerprint density at radius 1 is 1.22 bits per heavy atom. The summed E-state index contributed by atoms with van der Waals surface area (Å²) < 4.78 is 0. The lowest BCUT2D eigenvalue weighted by atomic mass is 10.1. The Morgan fingerprint density at radius 3 is 2.56 bits per heavy atom. The van der Waals surface area contributed by atoms with Gasteiger partial charge in [0.25, 0.3) is 5.69 Å². The molecule has 2 aliphatic heterocycles. The van der Waals surface area contributed by atoms with Crippen LogP contribution < -0.4 is 27.4 Å². The van der Waals surface area contributed by atoms with E-state index in [2.05, 4.69) is 20.9 Å². The Kier molecular flexibility index (Phi) is 8.76. The molecule has 0 unspecified atom stereocenters. The van der Waals surface area contributed by atoms with Crippen LogP contribution in [-0.4, -0.2) is 70.6 Å². The van der Waals surface area contributed by atoms with Crippen LogP contribution in [-0.2, 0) is 19.2 Å². The highest BCUT2D eigenvalue weighted by atomic mass is 16.6. The number of nitrogens with two attached hydrogens (primary N) is 2. The van der Waals surface area contributed by atoms with Crippen LogP contribution in [0, 0.1) is 10.1 Å². The number of anilines is 1. The molecule has 194 valence electrons. The fraction of sp³-hybridized carbons (Fsp3) is 0.500. The number of nitro benzene ring substituents is 1. The van der Waals surface area contributed by atoms with E-state index in [1.807, 2.05) is 0 Å². The zero-order valence-corrected chi connectivity index (χ0v) is 19.6. The van der Waals surface area contributed by atoms with Gasteiger partial charge in [0.15, 0.2) is 5.96 Å². The number of nitrogens with zero attached hydrogens (tertiary/aromatic N) is 3. The second-order valence-electron chi connectivity index (χ2n) is 8.65. The molecule has 2 heterocycles. The molecule has 0 aliphatic carbocycles. The van der Waals surface area contributed by atoms with Gasteiger partial charge in [-0.2, -0.15) is 0 Å². The summed E-state index contributed by atoms with van der Waals surface area (Å²) in [5, 5.41) is 18.9. The monoisotopic (exact) mass is 502 g/mol. The average Bonchev–Trinajstić information content (AvgIpc) is 3.50. The van der Waals surface area contributed by atoms with Gasteiger partial charge in [0.2, 0.25) is 23.6 Å². The Hall–Kier alpha value is -4.23. The van der Waals surface area contributed by atoms with Crippen LogP contribution in [0.5, 0.6) is 0 Å². The number of hydrogen-bond donors (Lipinski definition) is 5. The second kappa shape index (κ2) is 12.0. The third-order valence-corrected chi connectivity index (χ3v) is 6.06.